The minimum absolute atomic E-state index is 0.112. The van der Waals surface area contributed by atoms with Crippen molar-refractivity contribution in [3.05, 3.63) is 58.3 Å². The molecule has 3 heterocycles. The molecule has 0 N–H and O–H groups in total. The Kier molecular flexibility index (Phi) is 3.66. The number of likely N-dealkylation sites (tertiary alicyclic amines) is 1. The van der Waals surface area contributed by atoms with Gasteiger partial charge in [0.25, 0.3) is 5.91 Å². The van der Waals surface area contributed by atoms with Gasteiger partial charge in [0.05, 0.1) is 22.9 Å². The van der Waals surface area contributed by atoms with Crippen LogP contribution < -0.4 is 4.90 Å². The number of fused-ring (bicyclic) bond motifs is 1. The molecule has 0 aliphatic carbocycles. The van der Waals surface area contributed by atoms with E-state index in [1.807, 2.05) is 41.3 Å². The van der Waals surface area contributed by atoms with E-state index in [4.69, 9.17) is 23.2 Å². The summed E-state index contributed by atoms with van der Waals surface area (Å²) in [6.07, 6.45) is 1.74. The lowest BCUT2D eigenvalue weighted by Gasteiger charge is -2.43. The molecule has 118 valence electrons. The Morgan fingerprint density at radius 1 is 1.13 bits per heavy atom. The van der Waals surface area contributed by atoms with Gasteiger partial charge in [-0.25, -0.2) is 4.98 Å². The first-order valence-electron chi connectivity index (χ1n) is 7.55. The number of hydrogen-bond donors (Lipinski definition) is 0. The molecule has 0 spiro atoms. The standard InChI is InChI=1S/C17H15Cl2N3O/c18-14-6-13(7-20-16(14)19)21-8-12-9-22(15(12)10-21)17(23)11-4-2-1-3-5-11/h1-7,12,15H,8-10H2/t12-,15+/m0/s1. The van der Waals surface area contributed by atoms with Gasteiger partial charge in [-0.3, -0.25) is 4.79 Å². The van der Waals surface area contributed by atoms with Gasteiger partial charge in [0.2, 0.25) is 0 Å². The Morgan fingerprint density at radius 3 is 2.65 bits per heavy atom. The van der Waals surface area contributed by atoms with E-state index in [2.05, 4.69) is 9.88 Å². The normalized spacial score (nSPS) is 22.7. The van der Waals surface area contributed by atoms with Crippen LogP contribution in [-0.2, 0) is 0 Å². The van der Waals surface area contributed by atoms with Gasteiger partial charge >= 0.3 is 0 Å². The molecule has 0 saturated carbocycles. The van der Waals surface area contributed by atoms with E-state index in [0.29, 0.717) is 16.1 Å². The lowest BCUT2D eigenvalue weighted by Crippen LogP contribution is -2.58. The van der Waals surface area contributed by atoms with Crippen LogP contribution in [0.3, 0.4) is 0 Å². The van der Waals surface area contributed by atoms with Crippen molar-refractivity contribution < 1.29 is 4.79 Å². The van der Waals surface area contributed by atoms with Gasteiger partial charge in [-0.2, -0.15) is 0 Å². The Morgan fingerprint density at radius 2 is 1.91 bits per heavy atom. The van der Waals surface area contributed by atoms with E-state index in [9.17, 15) is 4.79 Å². The third-order valence-corrected chi connectivity index (χ3v) is 5.35. The fourth-order valence-electron chi connectivity index (χ4n) is 3.41. The first kappa shape index (κ1) is 14.8. The third kappa shape index (κ3) is 2.56. The second-order valence-corrected chi connectivity index (χ2v) is 6.79. The molecule has 2 saturated heterocycles. The summed E-state index contributed by atoms with van der Waals surface area (Å²) in [4.78, 5) is 20.9. The number of pyridine rings is 1. The average molecular weight is 348 g/mol. The number of hydrogen-bond acceptors (Lipinski definition) is 3. The van der Waals surface area contributed by atoms with Crippen molar-refractivity contribution in [1.82, 2.24) is 9.88 Å². The Bertz CT molecular complexity index is 753. The molecule has 1 aromatic heterocycles. The number of anilines is 1. The summed E-state index contributed by atoms with van der Waals surface area (Å²) in [6, 6.07) is 11.5. The first-order chi connectivity index (χ1) is 11.1. The quantitative estimate of drug-likeness (QED) is 0.781. The lowest BCUT2D eigenvalue weighted by molar-refractivity contribution is 0.0328. The number of halogens is 2. The molecule has 4 nitrogen and oxygen atoms in total. The van der Waals surface area contributed by atoms with Gasteiger partial charge in [0.1, 0.15) is 5.15 Å². The van der Waals surface area contributed by atoms with Gasteiger partial charge < -0.3 is 9.80 Å². The lowest BCUT2D eigenvalue weighted by atomic mass is 9.91. The number of amides is 1. The minimum Gasteiger partial charge on any atom is -0.368 e. The van der Waals surface area contributed by atoms with Gasteiger partial charge in [-0.05, 0) is 18.2 Å². The van der Waals surface area contributed by atoms with Crippen LogP contribution in [0.5, 0.6) is 0 Å². The van der Waals surface area contributed by atoms with Gasteiger partial charge in [-0.1, -0.05) is 41.4 Å². The third-order valence-electron chi connectivity index (χ3n) is 4.67. The summed E-state index contributed by atoms with van der Waals surface area (Å²) in [5, 5.41) is 0.777. The molecule has 1 amide bonds. The number of benzene rings is 1. The maximum Gasteiger partial charge on any atom is 0.254 e. The fourth-order valence-corrected chi connectivity index (χ4v) is 3.68. The molecule has 1 aromatic carbocycles. The van der Waals surface area contributed by atoms with Crippen molar-refractivity contribution >= 4 is 34.8 Å². The Hall–Kier alpha value is -1.78. The SMILES string of the molecule is O=C(c1ccccc1)N1C[C@@H]2CN(c3cnc(Cl)c(Cl)c3)C[C@H]21. The van der Waals surface area contributed by atoms with Crippen LogP contribution in [0.25, 0.3) is 0 Å². The van der Waals surface area contributed by atoms with E-state index in [1.54, 1.807) is 6.20 Å². The van der Waals surface area contributed by atoms with Crippen molar-refractivity contribution in [3.8, 4) is 0 Å². The summed E-state index contributed by atoms with van der Waals surface area (Å²) in [5.74, 6) is 0.623. The number of aromatic nitrogens is 1. The molecule has 23 heavy (non-hydrogen) atoms. The van der Waals surface area contributed by atoms with E-state index in [-0.39, 0.29) is 11.9 Å². The van der Waals surface area contributed by atoms with Crippen LogP contribution in [0.2, 0.25) is 10.2 Å². The molecule has 6 heteroatoms. The smallest absolute Gasteiger partial charge is 0.254 e. The zero-order valence-electron chi connectivity index (χ0n) is 12.3. The van der Waals surface area contributed by atoms with E-state index in [1.165, 1.54) is 0 Å². The van der Waals surface area contributed by atoms with Crippen LogP contribution in [0.4, 0.5) is 5.69 Å². The van der Waals surface area contributed by atoms with E-state index >= 15 is 0 Å². The number of carbonyl (C=O) groups is 1. The summed E-state index contributed by atoms with van der Waals surface area (Å²) in [5.41, 5.74) is 1.71. The highest BCUT2D eigenvalue weighted by Crippen LogP contribution is 2.36. The zero-order valence-corrected chi connectivity index (χ0v) is 13.8. The second kappa shape index (κ2) is 5.69. The van der Waals surface area contributed by atoms with E-state index < -0.39 is 0 Å². The first-order valence-corrected chi connectivity index (χ1v) is 8.31. The van der Waals surface area contributed by atoms with Crippen molar-refractivity contribution in [1.29, 1.82) is 0 Å². The highest BCUT2D eigenvalue weighted by molar-refractivity contribution is 6.41. The molecule has 2 aromatic rings. The van der Waals surface area contributed by atoms with Crippen molar-refractivity contribution in [3.63, 3.8) is 0 Å². The highest BCUT2D eigenvalue weighted by atomic mass is 35.5. The second-order valence-electron chi connectivity index (χ2n) is 6.02. The van der Waals surface area contributed by atoms with Crippen LogP contribution >= 0.6 is 23.2 Å². The molecule has 2 fully saturated rings. The number of rotatable bonds is 2. The predicted molar refractivity (Wildman–Crippen MR) is 91.2 cm³/mol. The van der Waals surface area contributed by atoms with Gasteiger partial charge in [-0.15, -0.1) is 0 Å². The molecular weight excluding hydrogens is 333 g/mol. The summed E-state index contributed by atoms with van der Waals surface area (Å²) in [7, 11) is 0. The van der Waals surface area contributed by atoms with Gasteiger partial charge in [0, 0.05) is 31.1 Å². The number of carbonyl (C=O) groups excluding carboxylic acids is 1. The predicted octanol–water partition coefficient (Wildman–Crippen LogP) is 3.35. The maximum atomic E-state index is 12.6. The Labute approximate surface area is 144 Å². The topological polar surface area (TPSA) is 36.4 Å². The highest BCUT2D eigenvalue weighted by Gasteiger charge is 2.47. The molecule has 2 atom stereocenters. The molecule has 0 unspecified atom stereocenters. The summed E-state index contributed by atoms with van der Waals surface area (Å²) in [6.45, 7) is 2.54. The maximum absolute atomic E-state index is 12.6. The van der Waals surface area contributed by atoms with Crippen molar-refractivity contribution in [2.45, 2.75) is 6.04 Å². The van der Waals surface area contributed by atoms with Gasteiger partial charge in [0.15, 0.2) is 0 Å². The van der Waals surface area contributed by atoms with Crippen LogP contribution in [-0.4, -0.2) is 41.5 Å². The van der Waals surface area contributed by atoms with E-state index in [0.717, 1.165) is 30.9 Å². The molecule has 0 radical (unpaired) electrons. The molecule has 0 bridgehead atoms. The molecular formula is C17H15Cl2N3O. The number of nitrogens with zero attached hydrogens (tertiary/aromatic N) is 3. The Balaban J connectivity index is 1.48. The monoisotopic (exact) mass is 347 g/mol. The summed E-state index contributed by atoms with van der Waals surface area (Å²) < 4.78 is 0. The van der Waals surface area contributed by atoms with Crippen LogP contribution in [0.1, 0.15) is 10.4 Å². The average Bonchev–Trinajstić information content (AvgIpc) is 2.88. The minimum atomic E-state index is 0.112. The molecule has 2 aliphatic rings. The van der Waals surface area contributed by atoms with Crippen LogP contribution in [0.15, 0.2) is 42.6 Å². The molecule has 4 rings (SSSR count). The van der Waals surface area contributed by atoms with Crippen molar-refractivity contribution in [2.24, 2.45) is 5.92 Å². The zero-order chi connectivity index (χ0) is 16.0. The largest absolute Gasteiger partial charge is 0.368 e. The summed E-state index contributed by atoms with van der Waals surface area (Å²) >= 11 is 11.9. The fraction of sp³-hybridized carbons (Fsp3) is 0.294. The van der Waals surface area contributed by atoms with Crippen LogP contribution in [0, 0.1) is 5.92 Å². The molecule has 2 aliphatic heterocycles. The van der Waals surface area contributed by atoms with Crippen molar-refractivity contribution in [2.75, 3.05) is 24.5 Å².